The van der Waals surface area contributed by atoms with E-state index in [4.69, 9.17) is 19.0 Å². The lowest BCUT2D eigenvalue weighted by atomic mass is 9.55. The monoisotopic (exact) mass is 852 g/mol. The Morgan fingerprint density at radius 1 is 1.06 bits per heavy atom. The standard InChI is InChI=1S/C48H57FN4O9/c1-3-27-61-48-44(52(32-34-10-15-36(49)16-11-34)45(56)21-14-33-12-17-37(18-13-33)53(57)58)31-42(50-59-2)40-29-35(8-4-6-25-54)39(9-5-7-26-55)46(47(40)48)41-30-38(19-20-43(41)62-48)60-28-24-51-22-23-51/h3,10-21,29-30,35,39,44,46-47,54-55H,1,4-9,22-28,31-32H2,2H3/t35-,39+,44-,46+,47+,48+/m0/s1. The first-order valence-electron chi connectivity index (χ1n) is 21.6. The number of aliphatic hydroxyl groups is 2. The highest BCUT2D eigenvalue weighted by Gasteiger charge is 2.65. The van der Waals surface area contributed by atoms with Gasteiger partial charge in [-0.3, -0.25) is 19.8 Å². The summed E-state index contributed by atoms with van der Waals surface area (Å²) in [4.78, 5) is 35.3. The Labute approximate surface area is 362 Å². The molecule has 0 unspecified atom stereocenters. The third kappa shape index (κ3) is 10.1. The molecule has 1 amide bonds. The molecule has 1 saturated carbocycles. The van der Waals surface area contributed by atoms with Crippen LogP contribution in [0.15, 0.2) is 102 Å². The number of nitro groups is 1. The molecule has 2 aliphatic heterocycles. The Morgan fingerprint density at radius 2 is 1.81 bits per heavy atom. The summed E-state index contributed by atoms with van der Waals surface area (Å²) in [6.07, 6.45) is 11.6. The van der Waals surface area contributed by atoms with Crippen LogP contribution in [-0.4, -0.2) is 102 Å². The number of halogens is 1. The van der Waals surface area contributed by atoms with Crippen LogP contribution in [0.2, 0.25) is 0 Å². The first-order valence-corrected chi connectivity index (χ1v) is 21.6. The molecule has 2 N–H and O–H groups in total. The zero-order valence-corrected chi connectivity index (χ0v) is 35.3. The van der Waals surface area contributed by atoms with Crippen molar-refractivity contribution in [3.05, 3.63) is 130 Å². The Bertz CT molecular complexity index is 2120. The van der Waals surface area contributed by atoms with E-state index in [0.717, 1.165) is 62.2 Å². The van der Waals surface area contributed by atoms with Crippen molar-refractivity contribution in [3.63, 3.8) is 0 Å². The van der Waals surface area contributed by atoms with Gasteiger partial charge in [-0.15, -0.1) is 6.58 Å². The summed E-state index contributed by atoms with van der Waals surface area (Å²) >= 11 is 0. The van der Waals surface area contributed by atoms with Gasteiger partial charge in [0.2, 0.25) is 11.7 Å². The number of rotatable bonds is 22. The molecule has 2 fully saturated rings. The smallest absolute Gasteiger partial charge is 0.269 e. The van der Waals surface area contributed by atoms with Gasteiger partial charge >= 0.3 is 0 Å². The molecule has 330 valence electrons. The van der Waals surface area contributed by atoms with Crippen LogP contribution in [0.25, 0.3) is 6.08 Å². The van der Waals surface area contributed by atoms with Crippen molar-refractivity contribution < 1.29 is 43.4 Å². The Kier molecular flexibility index (Phi) is 14.9. The number of carbonyl (C=O) groups is 1. The van der Waals surface area contributed by atoms with Crippen LogP contribution in [0.3, 0.4) is 0 Å². The molecular formula is C48H57FN4O9. The molecule has 2 heterocycles. The maximum atomic E-state index is 14.9. The Hall–Kier alpha value is -5.41. The lowest BCUT2D eigenvalue weighted by Gasteiger charge is -2.60. The van der Waals surface area contributed by atoms with Crippen molar-refractivity contribution in [3.8, 4) is 11.5 Å². The number of amides is 1. The van der Waals surface area contributed by atoms with Gasteiger partial charge in [-0.2, -0.15) is 0 Å². The highest BCUT2D eigenvalue weighted by Crippen LogP contribution is 2.62. The number of hydrogen-bond donors (Lipinski definition) is 2. The third-order valence-corrected chi connectivity index (χ3v) is 12.5. The van der Waals surface area contributed by atoms with Gasteiger partial charge in [-0.1, -0.05) is 42.3 Å². The molecule has 0 bridgehead atoms. The van der Waals surface area contributed by atoms with Gasteiger partial charge in [-0.25, -0.2) is 4.39 Å². The maximum Gasteiger partial charge on any atom is 0.269 e. The fraction of sp³-hybridized carbons (Fsp3) is 0.458. The quantitative estimate of drug-likeness (QED) is 0.0260. The summed E-state index contributed by atoms with van der Waals surface area (Å²) in [6, 6.07) is 17.0. The fourth-order valence-corrected chi connectivity index (χ4v) is 9.53. The summed E-state index contributed by atoms with van der Waals surface area (Å²) in [5, 5.41) is 35.8. The number of benzene rings is 3. The number of nitrogens with zero attached hydrogens (tertiary/aromatic N) is 4. The predicted molar refractivity (Wildman–Crippen MR) is 233 cm³/mol. The molecule has 7 rings (SSSR count). The second-order valence-corrected chi connectivity index (χ2v) is 16.4. The van der Waals surface area contributed by atoms with Crippen LogP contribution in [0.4, 0.5) is 10.1 Å². The number of ether oxygens (including phenoxy) is 3. The van der Waals surface area contributed by atoms with Crippen LogP contribution in [0.5, 0.6) is 11.5 Å². The minimum absolute atomic E-state index is 0.0296. The number of allylic oxidation sites excluding steroid dienone is 1. The Morgan fingerprint density at radius 3 is 2.48 bits per heavy atom. The first-order chi connectivity index (χ1) is 30.2. The van der Waals surface area contributed by atoms with E-state index in [1.165, 1.54) is 37.5 Å². The van der Waals surface area contributed by atoms with Gasteiger partial charge in [0, 0.05) is 75.5 Å². The number of fused-ring (bicyclic) bond motifs is 2. The second-order valence-electron chi connectivity index (χ2n) is 16.4. The zero-order chi connectivity index (χ0) is 43.6. The van der Waals surface area contributed by atoms with Crippen molar-refractivity contribution >= 4 is 23.4 Å². The minimum Gasteiger partial charge on any atom is -0.492 e. The fourth-order valence-electron chi connectivity index (χ4n) is 9.53. The molecule has 62 heavy (non-hydrogen) atoms. The van der Waals surface area contributed by atoms with E-state index in [9.17, 15) is 29.5 Å². The van der Waals surface area contributed by atoms with Crippen molar-refractivity contribution in [2.45, 2.75) is 69.2 Å². The summed E-state index contributed by atoms with van der Waals surface area (Å²) < 4.78 is 35.0. The molecule has 2 aliphatic carbocycles. The van der Waals surface area contributed by atoms with Gasteiger partial charge < -0.3 is 34.2 Å². The summed E-state index contributed by atoms with van der Waals surface area (Å²) in [5.41, 5.74) is 3.68. The van der Waals surface area contributed by atoms with E-state index in [1.54, 1.807) is 41.3 Å². The number of unbranched alkanes of at least 4 members (excludes halogenated alkanes) is 2. The summed E-state index contributed by atoms with van der Waals surface area (Å²) in [7, 11) is 1.50. The van der Waals surface area contributed by atoms with Crippen LogP contribution in [0.1, 0.15) is 67.6 Å². The molecular weight excluding hydrogens is 796 g/mol. The molecule has 3 aromatic carbocycles. The lowest BCUT2D eigenvalue weighted by Crippen LogP contribution is -2.70. The number of carbonyl (C=O) groups excluding carboxylic acids is 1. The topological polar surface area (TPSA) is 156 Å². The summed E-state index contributed by atoms with van der Waals surface area (Å²) in [6.45, 7) is 7.81. The molecule has 1 saturated heterocycles. The van der Waals surface area contributed by atoms with E-state index in [2.05, 4.69) is 28.8 Å². The lowest BCUT2D eigenvalue weighted by molar-refractivity contribution is -0.384. The highest BCUT2D eigenvalue weighted by molar-refractivity contribution is 6.03. The van der Waals surface area contributed by atoms with Crippen LogP contribution < -0.4 is 9.47 Å². The van der Waals surface area contributed by atoms with Crippen LogP contribution >= 0.6 is 0 Å². The number of non-ortho nitro benzene ring substituents is 1. The SMILES string of the molecule is C=CCO[C@@]12Oc3ccc(OCCN4CC4)cc3[C@H]3[C@H](CCCCO)[C@@H](CCCCO)C=C(C(=NOC)C[C@@H]1N(Cc1ccc(F)cc1)C(=O)C=Cc1ccc([N+](=O)[O-])cc1)[C@H]32. The third-order valence-electron chi connectivity index (χ3n) is 12.5. The second kappa shape index (κ2) is 20.6. The van der Waals surface area contributed by atoms with Gasteiger partial charge in [0.15, 0.2) is 0 Å². The number of oxime groups is 1. The number of nitro benzene ring substituents is 1. The number of hydrogen-bond acceptors (Lipinski definition) is 11. The van der Waals surface area contributed by atoms with Gasteiger partial charge in [0.05, 0.1) is 23.2 Å². The molecule has 14 heteroatoms. The van der Waals surface area contributed by atoms with Crippen LogP contribution in [0, 0.1) is 33.7 Å². The van der Waals surface area contributed by atoms with E-state index in [-0.39, 0.29) is 56.2 Å². The van der Waals surface area contributed by atoms with Gasteiger partial charge in [-0.05, 0) is 103 Å². The van der Waals surface area contributed by atoms with Gasteiger partial charge in [0.25, 0.3) is 5.69 Å². The van der Waals surface area contributed by atoms with E-state index in [0.29, 0.717) is 42.0 Å². The van der Waals surface area contributed by atoms with Crippen molar-refractivity contribution in [1.82, 2.24) is 9.80 Å². The molecule has 3 aromatic rings. The minimum atomic E-state index is -1.51. The molecule has 0 aromatic heterocycles. The largest absolute Gasteiger partial charge is 0.492 e. The molecule has 4 aliphatic rings. The van der Waals surface area contributed by atoms with E-state index in [1.807, 2.05) is 12.1 Å². The highest BCUT2D eigenvalue weighted by atomic mass is 19.1. The predicted octanol–water partition coefficient (Wildman–Crippen LogP) is 7.43. The average Bonchev–Trinajstić information content (AvgIpc) is 4.11. The van der Waals surface area contributed by atoms with Crippen LogP contribution in [-0.2, 0) is 20.9 Å². The van der Waals surface area contributed by atoms with E-state index >= 15 is 0 Å². The molecule has 0 radical (unpaired) electrons. The first kappa shape index (κ1) is 44.6. The molecule has 0 spiro atoms. The van der Waals surface area contributed by atoms with Crippen molar-refractivity contribution in [2.24, 2.45) is 22.9 Å². The Balaban J connectivity index is 1.40. The van der Waals surface area contributed by atoms with Crippen molar-refractivity contribution in [2.75, 3.05) is 53.2 Å². The zero-order valence-electron chi connectivity index (χ0n) is 35.3. The maximum absolute atomic E-state index is 14.9. The number of aliphatic hydroxyl groups excluding tert-OH is 2. The van der Waals surface area contributed by atoms with Crippen molar-refractivity contribution in [1.29, 1.82) is 0 Å². The van der Waals surface area contributed by atoms with Gasteiger partial charge in [0.1, 0.15) is 37.1 Å². The molecule has 6 atom stereocenters. The summed E-state index contributed by atoms with van der Waals surface area (Å²) in [5.74, 6) is -1.66. The van der Waals surface area contributed by atoms with E-state index < -0.39 is 34.4 Å². The average molecular weight is 853 g/mol. The normalized spacial score (nSPS) is 24.4. The molecule has 13 nitrogen and oxygen atoms in total.